The molecule has 0 saturated carbocycles. The monoisotopic (exact) mass is 434 g/mol. The number of amides is 1. The van der Waals surface area contributed by atoms with Crippen LogP contribution in [0.3, 0.4) is 0 Å². The molecule has 3 aromatic rings. The molecule has 28 heavy (non-hydrogen) atoms. The first-order valence-electron chi connectivity index (χ1n) is 8.76. The largest absolute Gasteiger partial charge is 0.325 e. The van der Waals surface area contributed by atoms with Gasteiger partial charge in [0.25, 0.3) is 0 Å². The summed E-state index contributed by atoms with van der Waals surface area (Å²) in [4.78, 5) is 12.8. The third-order valence-corrected chi connectivity index (χ3v) is 6.06. The van der Waals surface area contributed by atoms with E-state index in [1.807, 2.05) is 61.7 Å². The number of carbonyl (C=O) groups is 1. The lowest BCUT2D eigenvalue weighted by molar-refractivity contribution is -0.117. The quantitative estimate of drug-likeness (QED) is 0.499. The minimum atomic E-state index is -0.745. The molecule has 0 atom stereocenters. The molecule has 0 unspecified atom stereocenters. The lowest BCUT2D eigenvalue weighted by Gasteiger charge is -2.22. The molecular formula is C20H20Cl2N4OS. The van der Waals surface area contributed by atoms with Crippen LogP contribution in [0.25, 0.3) is 11.4 Å². The van der Waals surface area contributed by atoms with E-state index in [2.05, 4.69) is 15.5 Å². The zero-order valence-corrected chi connectivity index (χ0v) is 18.1. The number of hydrogen-bond acceptors (Lipinski definition) is 4. The molecule has 3 rings (SSSR count). The third-order valence-electron chi connectivity index (χ3n) is 4.14. The molecule has 1 amide bonds. The Bertz CT molecular complexity index is 989. The molecule has 0 aliphatic carbocycles. The average molecular weight is 435 g/mol. The van der Waals surface area contributed by atoms with Crippen LogP contribution in [0.2, 0.25) is 10.0 Å². The zero-order chi connectivity index (χ0) is 20.3. The van der Waals surface area contributed by atoms with Gasteiger partial charge in [-0.1, -0.05) is 53.2 Å². The number of anilines is 1. The first-order chi connectivity index (χ1) is 13.3. The predicted molar refractivity (Wildman–Crippen MR) is 116 cm³/mol. The summed E-state index contributed by atoms with van der Waals surface area (Å²) in [6, 6.07) is 14.7. The van der Waals surface area contributed by atoms with Gasteiger partial charge in [-0.2, -0.15) is 0 Å². The highest BCUT2D eigenvalue weighted by molar-refractivity contribution is 8.01. The van der Waals surface area contributed by atoms with E-state index in [-0.39, 0.29) is 5.91 Å². The van der Waals surface area contributed by atoms with Crippen molar-refractivity contribution in [3.8, 4) is 11.4 Å². The van der Waals surface area contributed by atoms with E-state index in [0.29, 0.717) is 27.6 Å². The van der Waals surface area contributed by atoms with Gasteiger partial charge in [-0.25, -0.2) is 0 Å². The molecule has 1 aromatic heterocycles. The highest BCUT2D eigenvalue weighted by Gasteiger charge is 2.32. The maximum Gasteiger partial charge on any atom is 0.240 e. The van der Waals surface area contributed by atoms with Gasteiger partial charge in [0.05, 0.1) is 14.8 Å². The van der Waals surface area contributed by atoms with E-state index >= 15 is 0 Å². The summed E-state index contributed by atoms with van der Waals surface area (Å²) in [7, 11) is 0. The van der Waals surface area contributed by atoms with E-state index in [1.165, 1.54) is 11.8 Å². The molecule has 0 bridgehead atoms. The van der Waals surface area contributed by atoms with Gasteiger partial charge in [-0.15, -0.1) is 10.2 Å². The second-order valence-corrected chi connectivity index (χ2v) is 9.02. The fourth-order valence-corrected chi connectivity index (χ4v) is 3.88. The van der Waals surface area contributed by atoms with E-state index in [1.54, 1.807) is 12.1 Å². The number of rotatable bonds is 6. The van der Waals surface area contributed by atoms with Gasteiger partial charge in [-0.3, -0.25) is 4.79 Å². The highest BCUT2D eigenvalue weighted by atomic mass is 35.5. The van der Waals surface area contributed by atoms with E-state index in [9.17, 15) is 4.79 Å². The highest BCUT2D eigenvalue weighted by Crippen LogP contribution is 2.35. The Balaban J connectivity index is 1.84. The zero-order valence-electron chi connectivity index (χ0n) is 15.7. The van der Waals surface area contributed by atoms with Gasteiger partial charge in [0, 0.05) is 17.8 Å². The van der Waals surface area contributed by atoms with Crippen LogP contribution in [-0.4, -0.2) is 25.4 Å². The van der Waals surface area contributed by atoms with Gasteiger partial charge in [0.15, 0.2) is 11.0 Å². The van der Waals surface area contributed by atoms with Crippen molar-refractivity contribution in [2.24, 2.45) is 0 Å². The summed E-state index contributed by atoms with van der Waals surface area (Å²) in [6.45, 7) is 6.39. The summed E-state index contributed by atoms with van der Waals surface area (Å²) < 4.78 is 1.21. The number of carbonyl (C=O) groups excluding carboxylic acids is 1. The molecule has 0 aliphatic heterocycles. The molecule has 0 aliphatic rings. The fourth-order valence-electron chi connectivity index (χ4n) is 2.58. The minimum absolute atomic E-state index is 0.106. The fraction of sp³-hybridized carbons (Fsp3) is 0.250. The van der Waals surface area contributed by atoms with Crippen LogP contribution in [-0.2, 0) is 11.3 Å². The van der Waals surface area contributed by atoms with Crippen LogP contribution in [0.15, 0.2) is 53.7 Å². The smallest absolute Gasteiger partial charge is 0.240 e. The van der Waals surface area contributed by atoms with Crippen LogP contribution in [0.1, 0.15) is 20.8 Å². The van der Waals surface area contributed by atoms with Crippen molar-refractivity contribution in [1.29, 1.82) is 0 Å². The molecule has 1 heterocycles. The number of benzene rings is 2. The summed E-state index contributed by atoms with van der Waals surface area (Å²) in [5.41, 5.74) is 1.58. The van der Waals surface area contributed by atoms with Gasteiger partial charge >= 0.3 is 0 Å². The minimum Gasteiger partial charge on any atom is -0.325 e. The summed E-state index contributed by atoms with van der Waals surface area (Å²) in [6.07, 6.45) is 0. The number of aromatic nitrogens is 3. The van der Waals surface area contributed by atoms with E-state index < -0.39 is 4.75 Å². The standard InChI is InChI=1S/C20H20Cl2N4OS/c1-4-26-17(13-10-11-15(21)16(22)12-13)24-25-19(26)28-20(2,3)18(27)23-14-8-6-5-7-9-14/h5-12H,4H2,1-3H3,(H,23,27). The Hall–Kier alpha value is -2.02. The van der Waals surface area contributed by atoms with Crippen LogP contribution < -0.4 is 5.32 Å². The average Bonchev–Trinajstić information content (AvgIpc) is 3.06. The van der Waals surface area contributed by atoms with Crippen molar-refractivity contribution in [3.05, 3.63) is 58.6 Å². The van der Waals surface area contributed by atoms with Gasteiger partial charge in [0.2, 0.25) is 5.91 Å². The molecule has 0 fully saturated rings. The van der Waals surface area contributed by atoms with Crippen LogP contribution in [0, 0.1) is 0 Å². The lowest BCUT2D eigenvalue weighted by Crippen LogP contribution is -2.34. The van der Waals surface area contributed by atoms with Crippen molar-refractivity contribution in [2.45, 2.75) is 37.2 Å². The Labute approximate surface area is 178 Å². The Morgan fingerprint density at radius 1 is 1.11 bits per heavy atom. The Morgan fingerprint density at radius 3 is 2.46 bits per heavy atom. The van der Waals surface area contributed by atoms with Crippen LogP contribution in [0.4, 0.5) is 5.69 Å². The molecular weight excluding hydrogens is 415 g/mol. The topological polar surface area (TPSA) is 59.8 Å². The molecule has 0 saturated heterocycles. The maximum absolute atomic E-state index is 12.8. The second-order valence-electron chi connectivity index (χ2n) is 6.61. The number of hydrogen-bond donors (Lipinski definition) is 1. The number of thioether (sulfide) groups is 1. The first kappa shape index (κ1) is 20.7. The molecule has 8 heteroatoms. The van der Waals surface area contributed by atoms with Crippen molar-refractivity contribution in [2.75, 3.05) is 5.32 Å². The molecule has 2 aromatic carbocycles. The third kappa shape index (κ3) is 4.51. The number of halogens is 2. The van der Waals surface area contributed by atoms with Crippen molar-refractivity contribution >= 4 is 46.6 Å². The normalized spacial score (nSPS) is 11.5. The molecule has 0 radical (unpaired) electrons. The Kier molecular flexibility index (Phi) is 6.33. The number of para-hydroxylation sites is 1. The summed E-state index contributed by atoms with van der Waals surface area (Å²) in [5, 5.41) is 13.2. The Morgan fingerprint density at radius 2 is 1.82 bits per heavy atom. The maximum atomic E-state index is 12.8. The SMILES string of the molecule is CCn1c(SC(C)(C)C(=O)Nc2ccccc2)nnc1-c1ccc(Cl)c(Cl)c1. The predicted octanol–water partition coefficient (Wildman–Crippen LogP) is 5.78. The first-order valence-corrected chi connectivity index (χ1v) is 10.3. The van der Waals surface area contributed by atoms with E-state index in [4.69, 9.17) is 23.2 Å². The molecule has 5 nitrogen and oxygen atoms in total. The molecule has 1 N–H and O–H groups in total. The lowest BCUT2D eigenvalue weighted by atomic mass is 10.2. The van der Waals surface area contributed by atoms with Crippen molar-refractivity contribution < 1.29 is 4.79 Å². The van der Waals surface area contributed by atoms with Crippen LogP contribution in [0.5, 0.6) is 0 Å². The van der Waals surface area contributed by atoms with Gasteiger partial charge in [-0.05, 0) is 51.1 Å². The van der Waals surface area contributed by atoms with Crippen molar-refractivity contribution in [3.63, 3.8) is 0 Å². The van der Waals surface area contributed by atoms with Crippen molar-refractivity contribution in [1.82, 2.24) is 14.8 Å². The van der Waals surface area contributed by atoms with Gasteiger partial charge < -0.3 is 9.88 Å². The van der Waals surface area contributed by atoms with Gasteiger partial charge in [0.1, 0.15) is 0 Å². The molecule has 0 spiro atoms. The summed E-state index contributed by atoms with van der Waals surface area (Å²) in [5.74, 6) is 0.577. The number of nitrogens with zero attached hydrogens (tertiary/aromatic N) is 3. The summed E-state index contributed by atoms with van der Waals surface area (Å²) >= 11 is 13.5. The molecule has 146 valence electrons. The van der Waals surface area contributed by atoms with E-state index in [0.717, 1.165) is 11.3 Å². The van der Waals surface area contributed by atoms with Crippen LogP contribution >= 0.6 is 35.0 Å². The number of nitrogens with one attached hydrogen (secondary N) is 1. The second kappa shape index (κ2) is 8.55.